The van der Waals surface area contributed by atoms with Gasteiger partial charge in [0.15, 0.2) is 0 Å². The van der Waals surface area contributed by atoms with Crippen molar-refractivity contribution in [3.8, 4) is 11.3 Å². The van der Waals surface area contributed by atoms with Crippen LogP contribution in [0.3, 0.4) is 0 Å². The summed E-state index contributed by atoms with van der Waals surface area (Å²) >= 11 is 0. The Kier molecular flexibility index (Phi) is 2.75. The topological polar surface area (TPSA) is 43.8 Å². The Hall–Kier alpha value is -1.68. The Bertz CT molecular complexity index is 517. The number of rotatable bonds is 2. The van der Waals surface area contributed by atoms with Crippen LogP contribution >= 0.6 is 0 Å². The van der Waals surface area contributed by atoms with E-state index in [2.05, 4.69) is 5.10 Å². The van der Waals surface area contributed by atoms with Gasteiger partial charge in [-0.2, -0.15) is 5.10 Å². The molecular weight excluding hydrogens is 205 g/mol. The van der Waals surface area contributed by atoms with Gasteiger partial charge in [0.1, 0.15) is 5.82 Å². The van der Waals surface area contributed by atoms with E-state index >= 15 is 0 Å². The molecule has 0 aliphatic heterocycles. The summed E-state index contributed by atoms with van der Waals surface area (Å²) in [5.74, 6) is -0.190. The second kappa shape index (κ2) is 4.06. The van der Waals surface area contributed by atoms with Crippen molar-refractivity contribution in [1.82, 2.24) is 9.78 Å². The number of aryl methyl sites for hydroxylation is 2. The first-order valence-corrected chi connectivity index (χ1v) is 5.11. The largest absolute Gasteiger partial charge is 0.325 e. The number of nitrogens with zero attached hydrogens (tertiary/aromatic N) is 2. The fourth-order valence-electron chi connectivity index (χ4n) is 1.70. The highest BCUT2D eigenvalue weighted by Gasteiger charge is 2.07. The molecule has 1 heterocycles. The lowest BCUT2D eigenvalue weighted by molar-refractivity contribution is 0.618. The molecule has 0 bridgehead atoms. The van der Waals surface area contributed by atoms with Gasteiger partial charge in [-0.3, -0.25) is 4.68 Å². The average Bonchev–Trinajstić information content (AvgIpc) is 2.64. The average molecular weight is 219 g/mol. The number of benzene rings is 1. The van der Waals surface area contributed by atoms with Crippen molar-refractivity contribution in [1.29, 1.82) is 0 Å². The highest BCUT2D eigenvalue weighted by Crippen LogP contribution is 2.22. The predicted molar refractivity (Wildman–Crippen MR) is 61.2 cm³/mol. The van der Waals surface area contributed by atoms with Gasteiger partial charge < -0.3 is 5.73 Å². The molecule has 0 amide bonds. The Morgan fingerprint density at radius 3 is 2.69 bits per heavy atom. The van der Waals surface area contributed by atoms with E-state index in [0.29, 0.717) is 12.1 Å². The van der Waals surface area contributed by atoms with Gasteiger partial charge in [-0.05, 0) is 36.8 Å². The lowest BCUT2D eigenvalue weighted by Gasteiger charge is -2.03. The van der Waals surface area contributed by atoms with E-state index in [1.165, 1.54) is 6.07 Å². The molecule has 0 saturated heterocycles. The lowest BCUT2D eigenvalue weighted by Crippen LogP contribution is -1.99. The molecule has 0 spiro atoms. The van der Waals surface area contributed by atoms with Gasteiger partial charge in [0, 0.05) is 19.2 Å². The van der Waals surface area contributed by atoms with Crippen LogP contribution in [0.4, 0.5) is 4.39 Å². The van der Waals surface area contributed by atoms with E-state index in [1.807, 2.05) is 19.2 Å². The molecule has 2 N–H and O–H groups in total. The Labute approximate surface area is 93.7 Å². The molecule has 0 unspecified atom stereocenters. The second-order valence-corrected chi connectivity index (χ2v) is 3.81. The minimum atomic E-state index is -0.190. The molecule has 0 radical (unpaired) electrons. The molecule has 3 nitrogen and oxygen atoms in total. The van der Waals surface area contributed by atoms with E-state index < -0.39 is 0 Å². The first kappa shape index (κ1) is 10.8. The molecule has 2 aromatic rings. The molecule has 84 valence electrons. The fraction of sp³-hybridized carbons (Fsp3) is 0.250. The van der Waals surface area contributed by atoms with Gasteiger partial charge in [0.05, 0.1) is 11.4 Å². The van der Waals surface area contributed by atoms with Crippen LogP contribution in [0.5, 0.6) is 0 Å². The summed E-state index contributed by atoms with van der Waals surface area (Å²) in [6.45, 7) is 2.16. The maximum absolute atomic E-state index is 13.1. The number of hydrogen-bond donors (Lipinski definition) is 1. The van der Waals surface area contributed by atoms with Crippen molar-refractivity contribution in [3.63, 3.8) is 0 Å². The summed E-state index contributed by atoms with van der Waals surface area (Å²) in [6, 6.07) is 6.96. The van der Waals surface area contributed by atoms with Crippen molar-refractivity contribution >= 4 is 0 Å². The fourth-order valence-corrected chi connectivity index (χ4v) is 1.70. The highest BCUT2D eigenvalue weighted by molar-refractivity contribution is 5.61. The lowest BCUT2D eigenvalue weighted by atomic mass is 10.1. The zero-order valence-electron chi connectivity index (χ0n) is 9.37. The van der Waals surface area contributed by atoms with Crippen LogP contribution < -0.4 is 5.73 Å². The summed E-state index contributed by atoms with van der Waals surface area (Å²) in [5, 5.41) is 4.26. The summed E-state index contributed by atoms with van der Waals surface area (Å²) in [6.07, 6.45) is 0. The molecule has 1 aromatic carbocycles. The van der Waals surface area contributed by atoms with Crippen LogP contribution in [0.25, 0.3) is 11.3 Å². The molecule has 2 rings (SSSR count). The zero-order chi connectivity index (χ0) is 11.7. The van der Waals surface area contributed by atoms with E-state index in [-0.39, 0.29) is 5.82 Å². The minimum Gasteiger partial charge on any atom is -0.325 e. The molecule has 0 saturated carbocycles. The molecular formula is C12H14FN3. The van der Waals surface area contributed by atoms with Crippen LogP contribution in [0.15, 0.2) is 24.3 Å². The van der Waals surface area contributed by atoms with Crippen LogP contribution in [0, 0.1) is 12.7 Å². The van der Waals surface area contributed by atoms with Crippen molar-refractivity contribution < 1.29 is 4.39 Å². The van der Waals surface area contributed by atoms with E-state index in [1.54, 1.807) is 17.7 Å². The third-order valence-corrected chi connectivity index (χ3v) is 2.59. The molecule has 1 aromatic heterocycles. The standard InChI is InChI=1S/C12H14FN3/c1-8-5-9(3-4-11(8)13)12-6-10(7-14)15-16(12)2/h3-6H,7,14H2,1-2H3. The summed E-state index contributed by atoms with van der Waals surface area (Å²) in [7, 11) is 1.85. The van der Waals surface area contributed by atoms with Crippen LogP contribution in [0.2, 0.25) is 0 Å². The van der Waals surface area contributed by atoms with Crippen molar-refractivity contribution in [2.24, 2.45) is 12.8 Å². The number of hydrogen-bond acceptors (Lipinski definition) is 2. The molecule has 0 fully saturated rings. The highest BCUT2D eigenvalue weighted by atomic mass is 19.1. The van der Waals surface area contributed by atoms with Crippen molar-refractivity contribution in [2.75, 3.05) is 0 Å². The Balaban J connectivity index is 2.49. The quantitative estimate of drug-likeness (QED) is 0.839. The predicted octanol–water partition coefficient (Wildman–Crippen LogP) is 1.99. The zero-order valence-corrected chi connectivity index (χ0v) is 9.37. The number of nitrogens with two attached hydrogens (primary N) is 1. The molecule has 0 atom stereocenters. The van der Waals surface area contributed by atoms with E-state index in [4.69, 9.17) is 5.73 Å². The van der Waals surface area contributed by atoms with Gasteiger partial charge in [-0.15, -0.1) is 0 Å². The number of aromatic nitrogens is 2. The Morgan fingerprint density at radius 2 is 2.12 bits per heavy atom. The maximum Gasteiger partial charge on any atom is 0.126 e. The van der Waals surface area contributed by atoms with Gasteiger partial charge in [0.2, 0.25) is 0 Å². The smallest absolute Gasteiger partial charge is 0.126 e. The van der Waals surface area contributed by atoms with Gasteiger partial charge in [-0.1, -0.05) is 0 Å². The minimum absolute atomic E-state index is 0.190. The van der Waals surface area contributed by atoms with Crippen LogP contribution in [-0.4, -0.2) is 9.78 Å². The first-order chi connectivity index (χ1) is 7.61. The van der Waals surface area contributed by atoms with E-state index in [9.17, 15) is 4.39 Å². The SMILES string of the molecule is Cc1cc(-c2cc(CN)nn2C)ccc1F. The molecule has 4 heteroatoms. The van der Waals surface area contributed by atoms with Gasteiger partial charge >= 0.3 is 0 Å². The first-order valence-electron chi connectivity index (χ1n) is 5.11. The van der Waals surface area contributed by atoms with Gasteiger partial charge in [-0.25, -0.2) is 4.39 Å². The van der Waals surface area contributed by atoms with Crippen molar-refractivity contribution in [2.45, 2.75) is 13.5 Å². The third-order valence-electron chi connectivity index (χ3n) is 2.59. The number of halogens is 1. The molecule has 0 aliphatic rings. The summed E-state index contributed by atoms with van der Waals surface area (Å²) in [4.78, 5) is 0. The van der Waals surface area contributed by atoms with E-state index in [0.717, 1.165) is 17.0 Å². The normalized spacial score (nSPS) is 10.8. The second-order valence-electron chi connectivity index (χ2n) is 3.81. The maximum atomic E-state index is 13.1. The van der Waals surface area contributed by atoms with Crippen LogP contribution in [-0.2, 0) is 13.6 Å². The monoisotopic (exact) mass is 219 g/mol. The molecule has 16 heavy (non-hydrogen) atoms. The summed E-state index contributed by atoms with van der Waals surface area (Å²) < 4.78 is 14.9. The third kappa shape index (κ3) is 1.84. The van der Waals surface area contributed by atoms with Crippen molar-refractivity contribution in [3.05, 3.63) is 41.3 Å². The Morgan fingerprint density at radius 1 is 1.38 bits per heavy atom. The van der Waals surface area contributed by atoms with Crippen LogP contribution in [0.1, 0.15) is 11.3 Å². The summed E-state index contributed by atoms with van der Waals surface area (Å²) in [5.41, 5.74) is 8.89. The van der Waals surface area contributed by atoms with Gasteiger partial charge in [0.25, 0.3) is 0 Å². The molecule has 0 aliphatic carbocycles.